The first-order valence-corrected chi connectivity index (χ1v) is 5.18. The molecule has 0 radical (unpaired) electrons. The fraction of sp³-hybridized carbons (Fsp3) is 0.364. The van der Waals surface area contributed by atoms with Gasteiger partial charge in [-0.1, -0.05) is 17.7 Å². The summed E-state index contributed by atoms with van der Waals surface area (Å²) in [5.41, 5.74) is 1.47. The molecule has 0 saturated carbocycles. The Kier molecular flexibility index (Phi) is 4.58. The second-order valence-electron chi connectivity index (χ2n) is 3.51. The van der Waals surface area contributed by atoms with E-state index in [-0.39, 0.29) is 12.5 Å². The number of methoxy groups -OCH3 is 1. The Bertz CT molecular complexity index is 380. The molecule has 1 rings (SSSR count). The minimum absolute atomic E-state index is 0.0272. The first kappa shape index (κ1) is 12.8. The molecule has 5 heteroatoms. The summed E-state index contributed by atoms with van der Waals surface area (Å²) in [6.45, 7) is 0.0272. The number of rotatable bonds is 4. The molecule has 0 saturated heterocycles. The second-order valence-corrected chi connectivity index (χ2v) is 3.92. The third-order valence-electron chi connectivity index (χ3n) is 1.98. The van der Waals surface area contributed by atoms with Crippen LogP contribution in [0.15, 0.2) is 18.2 Å². The zero-order valence-corrected chi connectivity index (χ0v) is 10.3. The molecule has 1 aromatic carbocycles. The Hall–Kier alpha value is -1.26. The third kappa shape index (κ3) is 3.12. The average Bonchev–Trinajstić information content (AvgIpc) is 2.17. The number of hydrogen-bond donors (Lipinski definition) is 1. The maximum absolute atomic E-state index is 11.4. The molecule has 0 heterocycles. The summed E-state index contributed by atoms with van der Waals surface area (Å²) in [7, 11) is 5.21. The maximum atomic E-state index is 11.4. The van der Waals surface area contributed by atoms with E-state index in [1.54, 1.807) is 18.2 Å². The van der Waals surface area contributed by atoms with Crippen LogP contribution in [0.5, 0.6) is 0 Å². The van der Waals surface area contributed by atoms with E-state index in [1.807, 2.05) is 19.0 Å². The number of hydrogen-bond acceptors (Lipinski definition) is 3. The highest BCUT2D eigenvalue weighted by atomic mass is 35.5. The average molecular weight is 243 g/mol. The number of carbonyl (C=O) groups excluding carboxylic acids is 1. The Labute approximate surface area is 100 Å². The molecule has 1 aromatic rings. The molecule has 1 amide bonds. The van der Waals surface area contributed by atoms with E-state index in [2.05, 4.69) is 5.32 Å². The molecular formula is C11H15ClN2O2. The number of amides is 1. The molecule has 4 nitrogen and oxygen atoms in total. The van der Waals surface area contributed by atoms with E-state index in [4.69, 9.17) is 16.3 Å². The van der Waals surface area contributed by atoms with E-state index < -0.39 is 0 Å². The quantitative estimate of drug-likeness (QED) is 0.878. The summed E-state index contributed by atoms with van der Waals surface area (Å²) in [5.74, 6) is -0.201. The second kappa shape index (κ2) is 5.72. The zero-order valence-electron chi connectivity index (χ0n) is 9.58. The van der Waals surface area contributed by atoms with Crippen molar-refractivity contribution in [1.29, 1.82) is 0 Å². The van der Waals surface area contributed by atoms with Crippen molar-refractivity contribution in [2.24, 2.45) is 0 Å². The van der Waals surface area contributed by atoms with Crippen LogP contribution in [0.2, 0.25) is 5.02 Å². The van der Waals surface area contributed by atoms with Crippen molar-refractivity contribution >= 4 is 28.9 Å². The molecule has 1 N–H and O–H groups in total. The van der Waals surface area contributed by atoms with Crippen LogP contribution in [0.4, 0.5) is 11.4 Å². The molecule has 0 atom stereocenters. The first-order valence-electron chi connectivity index (χ1n) is 4.81. The standard InChI is InChI=1S/C11H15ClN2O2/c1-14(2)11-8(12)5-4-6-9(11)13-10(15)7-16-3/h4-6H,7H2,1-3H3,(H,13,15). The van der Waals surface area contributed by atoms with Crippen LogP contribution in [-0.4, -0.2) is 33.7 Å². The molecule has 88 valence electrons. The lowest BCUT2D eigenvalue weighted by Gasteiger charge is -2.19. The van der Waals surface area contributed by atoms with E-state index in [0.717, 1.165) is 5.69 Å². The van der Waals surface area contributed by atoms with E-state index in [9.17, 15) is 4.79 Å². The Morgan fingerprint density at radius 3 is 2.75 bits per heavy atom. The number of para-hydroxylation sites is 1. The highest BCUT2D eigenvalue weighted by Gasteiger charge is 2.11. The molecule has 0 aliphatic heterocycles. The summed E-state index contributed by atoms with van der Waals surface area (Å²) in [4.78, 5) is 13.3. The fourth-order valence-corrected chi connectivity index (χ4v) is 1.73. The molecule has 0 aliphatic carbocycles. The number of nitrogens with one attached hydrogen (secondary N) is 1. The highest BCUT2D eigenvalue weighted by molar-refractivity contribution is 6.34. The van der Waals surface area contributed by atoms with Gasteiger partial charge in [0.2, 0.25) is 5.91 Å². The normalized spacial score (nSPS) is 10.0. The van der Waals surface area contributed by atoms with Gasteiger partial charge in [-0.15, -0.1) is 0 Å². The fourth-order valence-electron chi connectivity index (χ4n) is 1.39. The number of anilines is 2. The predicted molar refractivity (Wildman–Crippen MR) is 66.3 cm³/mol. The zero-order chi connectivity index (χ0) is 12.1. The van der Waals surface area contributed by atoms with Crippen molar-refractivity contribution < 1.29 is 9.53 Å². The lowest BCUT2D eigenvalue weighted by molar-refractivity contribution is -0.119. The largest absolute Gasteiger partial charge is 0.375 e. The topological polar surface area (TPSA) is 41.6 Å². The monoisotopic (exact) mass is 242 g/mol. The SMILES string of the molecule is COCC(=O)Nc1cccc(Cl)c1N(C)C. The van der Waals surface area contributed by atoms with Crippen molar-refractivity contribution in [3.8, 4) is 0 Å². The predicted octanol–water partition coefficient (Wildman–Crippen LogP) is 1.99. The minimum atomic E-state index is -0.201. The van der Waals surface area contributed by atoms with Gasteiger partial charge in [0.05, 0.1) is 16.4 Å². The summed E-state index contributed by atoms with van der Waals surface area (Å²) < 4.78 is 4.75. The number of benzene rings is 1. The molecule has 0 aliphatic rings. The molecule has 0 unspecified atom stereocenters. The number of halogens is 1. The number of nitrogens with zero attached hydrogens (tertiary/aromatic N) is 1. The molecule has 0 bridgehead atoms. The summed E-state index contributed by atoms with van der Waals surface area (Å²) in [5, 5.41) is 3.34. The Morgan fingerprint density at radius 2 is 2.19 bits per heavy atom. The van der Waals surface area contributed by atoms with Crippen molar-refractivity contribution in [3.63, 3.8) is 0 Å². The highest BCUT2D eigenvalue weighted by Crippen LogP contribution is 2.32. The van der Waals surface area contributed by atoms with Gasteiger partial charge in [0.25, 0.3) is 0 Å². The van der Waals surface area contributed by atoms with Gasteiger partial charge in [0, 0.05) is 21.2 Å². The van der Waals surface area contributed by atoms with Crippen LogP contribution >= 0.6 is 11.6 Å². The molecule has 16 heavy (non-hydrogen) atoms. The van der Waals surface area contributed by atoms with Crippen LogP contribution in [0, 0.1) is 0 Å². The van der Waals surface area contributed by atoms with Gasteiger partial charge in [0.15, 0.2) is 0 Å². The maximum Gasteiger partial charge on any atom is 0.250 e. The van der Waals surface area contributed by atoms with Gasteiger partial charge in [0.1, 0.15) is 6.61 Å². The molecule has 0 spiro atoms. The van der Waals surface area contributed by atoms with Crippen molar-refractivity contribution in [1.82, 2.24) is 0 Å². The van der Waals surface area contributed by atoms with E-state index in [0.29, 0.717) is 10.7 Å². The van der Waals surface area contributed by atoms with Gasteiger partial charge in [-0.25, -0.2) is 0 Å². The van der Waals surface area contributed by atoms with Gasteiger partial charge in [-0.2, -0.15) is 0 Å². The minimum Gasteiger partial charge on any atom is -0.375 e. The van der Waals surface area contributed by atoms with Gasteiger partial charge < -0.3 is 15.0 Å². The van der Waals surface area contributed by atoms with E-state index >= 15 is 0 Å². The molecule has 0 fully saturated rings. The number of ether oxygens (including phenoxy) is 1. The number of carbonyl (C=O) groups is 1. The van der Waals surface area contributed by atoms with Crippen molar-refractivity contribution in [3.05, 3.63) is 23.2 Å². The van der Waals surface area contributed by atoms with Crippen LogP contribution in [-0.2, 0) is 9.53 Å². The summed E-state index contributed by atoms with van der Waals surface area (Å²) >= 11 is 6.06. The van der Waals surface area contributed by atoms with E-state index in [1.165, 1.54) is 7.11 Å². The summed E-state index contributed by atoms with van der Waals surface area (Å²) in [6.07, 6.45) is 0. The smallest absolute Gasteiger partial charge is 0.250 e. The van der Waals surface area contributed by atoms with Crippen LogP contribution < -0.4 is 10.2 Å². The Balaban J connectivity index is 2.95. The molecule has 0 aromatic heterocycles. The lowest BCUT2D eigenvalue weighted by Crippen LogP contribution is -2.20. The summed E-state index contributed by atoms with van der Waals surface area (Å²) in [6, 6.07) is 5.37. The molecular weight excluding hydrogens is 228 g/mol. The van der Waals surface area contributed by atoms with Crippen LogP contribution in [0.1, 0.15) is 0 Å². The first-order chi connectivity index (χ1) is 7.56. The van der Waals surface area contributed by atoms with Crippen molar-refractivity contribution in [2.75, 3.05) is 38.0 Å². The Morgan fingerprint density at radius 1 is 1.50 bits per heavy atom. The van der Waals surface area contributed by atoms with Gasteiger partial charge >= 0.3 is 0 Å². The van der Waals surface area contributed by atoms with Crippen LogP contribution in [0.3, 0.4) is 0 Å². The van der Waals surface area contributed by atoms with Gasteiger partial charge in [-0.05, 0) is 12.1 Å². The van der Waals surface area contributed by atoms with Crippen molar-refractivity contribution in [2.45, 2.75) is 0 Å². The lowest BCUT2D eigenvalue weighted by atomic mass is 10.2. The van der Waals surface area contributed by atoms with Gasteiger partial charge in [-0.3, -0.25) is 4.79 Å². The third-order valence-corrected chi connectivity index (χ3v) is 2.29. The van der Waals surface area contributed by atoms with Crippen LogP contribution in [0.25, 0.3) is 0 Å².